The van der Waals surface area contributed by atoms with Crippen LogP contribution in [0.2, 0.25) is 0 Å². The molecule has 0 spiro atoms. The summed E-state index contributed by atoms with van der Waals surface area (Å²) in [5.74, 6) is 1.02. The topological polar surface area (TPSA) is 22.8 Å². The molecule has 0 saturated heterocycles. The molecule has 0 atom stereocenters. The van der Waals surface area contributed by atoms with Gasteiger partial charge in [-0.2, -0.15) is 0 Å². The Bertz CT molecular complexity index is 1200. The molecule has 0 aliphatic heterocycles. The minimum absolute atomic E-state index is 1.02. The number of hydrogen-bond donors (Lipinski definition) is 0. The highest BCUT2D eigenvalue weighted by atomic mass is 15.1. The first-order valence-corrected chi connectivity index (χ1v) is 8.81. The van der Waals surface area contributed by atoms with Gasteiger partial charge in [-0.1, -0.05) is 48.5 Å². The van der Waals surface area contributed by atoms with E-state index < -0.39 is 0 Å². The van der Waals surface area contributed by atoms with Gasteiger partial charge in [0.15, 0.2) is 0 Å². The van der Waals surface area contributed by atoms with E-state index >= 15 is 0 Å². The maximum absolute atomic E-state index is 4.44. The van der Waals surface area contributed by atoms with E-state index in [1.54, 1.807) is 0 Å². The minimum atomic E-state index is 1.02. The first-order chi connectivity index (χ1) is 12.7. The zero-order valence-electron chi connectivity index (χ0n) is 14.8. The predicted molar refractivity (Wildman–Crippen MR) is 108 cm³/mol. The summed E-state index contributed by atoms with van der Waals surface area (Å²) in [5, 5.41) is 2.56. The third kappa shape index (κ3) is 2.10. The van der Waals surface area contributed by atoms with Crippen molar-refractivity contribution in [1.29, 1.82) is 0 Å². The number of aryl methyl sites for hydroxylation is 1. The van der Waals surface area contributed by atoms with Crippen LogP contribution in [0.4, 0.5) is 0 Å². The Kier molecular flexibility index (Phi) is 3.22. The Hall–Kier alpha value is -3.33. The standard InChI is InChI=1S/C23H19N3/c1-16-24-15-23(25(16)2)17-8-7-9-18(14-17)26-21-12-5-3-10-19(21)20-11-4-6-13-22(20)26/h3-15H,1-2H3. The third-order valence-corrected chi connectivity index (χ3v) is 5.20. The van der Waals surface area contributed by atoms with Gasteiger partial charge >= 0.3 is 0 Å². The van der Waals surface area contributed by atoms with Crippen molar-refractivity contribution < 1.29 is 0 Å². The van der Waals surface area contributed by atoms with E-state index in [-0.39, 0.29) is 0 Å². The van der Waals surface area contributed by atoms with Crippen molar-refractivity contribution in [3.8, 4) is 16.9 Å². The van der Waals surface area contributed by atoms with Crippen LogP contribution in [0, 0.1) is 6.92 Å². The second-order valence-corrected chi connectivity index (χ2v) is 6.67. The van der Waals surface area contributed by atoms with Gasteiger partial charge in [0.05, 0.1) is 22.9 Å². The lowest BCUT2D eigenvalue weighted by Crippen LogP contribution is -1.97. The second kappa shape index (κ2) is 5.60. The molecule has 0 aliphatic rings. The summed E-state index contributed by atoms with van der Waals surface area (Å²) in [5.41, 5.74) is 5.93. The van der Waals surface area contributed by atoms with Crippen molar-refractivity contribution in [3.05, 3.63) is 84.8 Å². The maximum atomic E-state index is 4.44. The van der Waals surface area contributed by atoms with Gasteiger partial charge in [0.2, 0.25) is 0 Å². The fourth-order valence-electron chi connectivity index (χ4n) is 3.78. The van der Waals surface area contributed by atoms with Gasteiger partial charge in [0.1, 0.15) is 5.82 Å². The van der Waals surface area contributed by atoms with Gasteiger partial charge in [-0.25, -0.2) is 4.98 Å². The highest BCUT2D eigenvalue weighted by Crippen LogP contribution is 2.33. The molecule has 0 fully saturated rings. The summed E-state index contributed by atoms with van der Waals surface area (Å²) >= 11 is 0. The molecule has 0 radical (unpaired) electrons. The normalized spacial score (nSPS) is 11.5. The van der Waals surface area contributed by atoms with Crippen molar-refractivity contribution >= 4 is 21.8 Å². The highest BCUT2D eigenvalue weighted by molar-refractivity contribution is 6.09. The quantitative estimate of drug-likeness (QED) is 0.417. The predicted octanol–water partition coefficient (Wildman–Crippen LogP) is 5.49. The first kappa shape index (κ1) is 15.0. The molecule has 126 valence electrons. The lowest BCUT2D eigenvalue weighted by molar-refractivity contribution is 0.865. The summed E-state index contributed by atoms with van der Waals surface area (Å²) < 4.78 is 4.47. The molecule has 0 amide bonds. The Morgan fingerprint density at radius 2 is 1.42 bits per heavy atom. The summed E-state index contributed by atoms with van der Waals surface area (Å²) in [7, 11) is 2.06. The monoisotopic (exact) mass is 337 g/mol. The molecule has 0 unspecified atom stereocenters. The zero-order chi connectivity index (χ0) is 17.7. The number of hydrogen-bond acceptors (Lipinski definition) is 1. The average Bonchev–Trinajstić information content (AvgIpc) is 3.20. The Morgan fingerprint density at radius 1 is 0.769 bits per heavy atom. The van der Waals surface area contributed by atoms with E-state index in [9.17, 15) is 0 Å². The summed E-state index contributed by atoms with van der Waals surface area (Å²) in [4.78, 5) is 4.44. The second-order valence-electron chi connectivity index (χ2n) is 6.67. The van der Waals surface area contributed by atoms with Crippen LogP contribution in [0.1, 0.15) is 5.82 Å². The fourth-order valence-corrected chi connectivity index (χ4v) is 3.78. The molecular formula is C23H19N3. The van der Waals surface area contributed by atoms with Crippen LogP contribution in [0.3, 0.4) is 0 Å². The van der Waals surface area contributed by atoms with Crippen LogP contribution in [0.25, 0.3) is 38.8 Å². The lowest BCUT2D eigenvalue weighted by Gasteiger charge is -2.10. The van der Waals surface area contributed by atoms with E-state index in [0.29, 0.717) is 0 Å². The average molecular weight is 337 g/mol. The molecule has 0 aliphatic carbocycles. The van der Waals surface area contributed by atoms with Crippen LogP contribution >= 0.6 is 0 Å². The Labute approximate surface area is 152 Å². The molecule has 5 rings (SSSR count). The Morgan fingerprint density at radius 3 is 2.04 bits per heavy atom. The molecule has 3 aromatic carbocycles. The molecule has 2 heterocycles. The summed E-state index contributed by atoms with van der Waals surface area (Å²) in [6.45, 7) is 2.03. The SMILES string of the molecule is Cc1ncc(-c2cccc(-n3c4ccccc4c4ccccc43)c2)n1C. The number of benzene rings is 3. The number of imidazole rings is 1. The Balaban J connectivity index is 1.81. The van der Waals surface area contributed by atoms with Crippen molar-refractivity contribution in [1.82, 2.24) is 14.1 Å². The van der Waals surface area contributed by atoms with Crippen LogP contribution in [-0.4, -0.2) is 14.1 Å². The van der Waals surface area contributed by atoms with Crippen molar-refractivity contribution in [2.75, 3.05) is 0 Å². The van der Waals surface area contributed by atoms with Crippen LogP contribution in [0.5, 0.6) is 0 Å². The number of fused-ring (bicyclic) bond motifs is 3. The van der Waals surface area contributed by atoms with Gasteiger partial charge in [-0.3, -0.25) is 0 Å². The molecule has 5 aromatic rings. The fraction of sp³-hybridized carbons (Fsp3) is 0.0870. The van der Waals surface area contributed by atoms with Gasteiger partial charge in [0.25, 0.3) is 0 Å². The molecule has 0 N–H and O–H groups in total. The number of aromatic nitrogens is 3. The molecule has 2 aromatic heterocycles. The molecule has 26 heavy (non-hydrogen) atoms. The van der Waals surface area contributed by atoms with Gasteiger partial charge in [-0.15, -0.1) is 0 Å². The van der Waals surface area contributed by atoms with Crippen LogP contribution in [-0.2, 0) is 7.05 Å². The molecule has 0 bridgehead atoms. The maximum Gasteiger partial charge on any atom is 0.105 e. The summed E-state index contributed by atoms with van der Waals surface area (Å²) in [6, 6.07) is 25.9. The third-order valence-electron chi connectivity index (χ3n) is 5.20. The summed E-state index contributed by atoms with van der Waals surface area (Å²) in [6.07, 6.45) is 1.94. The smallest absolute Gasteiger partial charge is 0.105 e. The van der Waals surface area contributed by atoms with E-state index in [1.165, 1.54) is 33.1 Å². The molecular weight excluding hydrogens is 318 g/mol. The number of para-hydroxylation sites is 2. The minimum Gasteiger partial charge on any atom is -0.331 e. The van der Waals surface area contributed by atoms with Gasteiger partial charge in [-0.05, 0) is 31.2 Å². The van der Waals surface area contributed by atoms with E-state index in [2.05, 4.69) is 94.0 Å². The van der Waals surface area contributed by atoms with E-state index in [0.717, 1.165) is 11.5 Å². The zero-order valence-corrected chi connectivity index (χ0v) is 14.8. The molecule has 3 heteroatoms. The van der Waals surface area contributed by atoms with Crippen molar-refractivity contribution in [2.45, 2.75) is 6.92 Å². The van der Waals surface area contributed by atoms with E-state index in [4.69, 9.17) is 0 Å². The first-order valence-electron chi connectivity index (χ1n) is 8.81. The number of nitrogens with zero attached hydrogens (tertiary/aromatic N) is 3. The van der Waals surface area contributed by atoms with Gasteiger partial charge in [0, 0.05) is 29.1 Å². The largest absolute Gasteiger partial charge is 0.331 e. The highest BCUT2D eigenvalue weighted by Gasteiger charge is 2.12. The molecule has 0 saturated carbocycles. The van der Waals surface area contributed by atoms with Crippen molar-refractivity contribution in [2.24, 2.45) is 7.05 Å². The molecule has 3 nitrogen and oxygen atoms in total. The van der Waals surface area contributed by atoms with Crippen LogP contribution in [0.15, 0.2) is 79.0 Å². The lowest BCUT2D eigenvalue weighted by atomic mass is 10.1. The van der Waals surface area contributed by atoms with Crippen molar-refractivity contribution in [3.63, 3.8) is 0 Å². The van der Waals surface area contributed by atoms with Gasteiger partial charge < -0.3 is 9.13 Å². The van der Waals surface area contributed by atoms with E-state index in [1.807, 2.05) is 13.1 Å². The number of rotatable bonds is 2. The van der Waals surface area contributed by atoms with Crippen LogP contribution < -0.4 is 0 Å².